The van der Waals surface area contributed by atoms with Crippen LogP contribution >= 0.6 is 12.2 Å². The maximum Gasteiger partial charge on any atom is 0.104 e. The molecule has 1 aromatic heterocycles. The zero-order valence-electron chi connectivity index (χ0n) is 10.9. The lowest BCUT2D eigenvalue weighted by atomic mass is 10.1. The summed E-state index contributed by atoms with van der Waals surface area (Å²) in [6.07, 6.45) is 7.31. The van der Waals surface area contributed by atoms with Crippen molar-refractivity contribution < 1.29 is 0 Å². The highest BCUT2D eigenvalue weighted by molar-refractivity contribution is 7.80. The fourth-order valence-corrected chi connectivity index (χ4v) is 2.38. The number of hydrogen-bond acceptors (Lipinski definition) is 1. The standard InChI is InChI=1S/C15H20N2S/c1-2-3-4-5-9-17-10-8-12-11-13(15(16)18)6-7-14(12)17/h6-8,10-11H,2-5,9H2,1H3,(H2,16,18). The molecule has 0 aliphatic heterocycles. The van der Waals surface area contributed by atoms with Crippen LogP contribution in [0.1, 0.15) is 38.2 Å². The summed E-state index contributed by atoms with van der Waals surface area (Å²) in [5.74, 6) is 0. The second-order valence-corrected chi connectivity index (χ2v) is 5.15. The molecule has 0 fully saturated rings. The Morgan fingerprint density at radius 3 is 2.78 bits per heavy atom. The lowest BCUT2D eigenvalue weighted by molar-refractivity contribution is 0.593. The first-order valence-corrected chi connectivity index (χ1v) is 7.02. The van der Waals surface area contributed by atoms with Crippen molar-refractivity contribution in [3.63, 3.8) is 0 Å². The van der Waals surface area contributed by atoms with Gasteiger partial charge in [0.05, 0.1) is 0 Å². The lowest BCUT2D eigenvalue weighted by Gasteiger charge is -2.06. The van der Waals surface area contributed by atoms with Crippen molar-refractivity contribution in [1.29, 1.82) is 0 Å². The molecular formula is C15H20N2S. The number of aryl methyl sites for hydroxylation is 1. The van der Waals surface area contributed by atoms with Gasteiger partial charge >= 0.3 is 0 Å². The average Bonchev–Trinajstić information content (AvgIpc) is 2.77. The molecule has 0 bridgehead atoms. The molecule has 0 radical (unpaired) electrons. The van der Waals surface area contributed by atoms with Crippen LogP contribution in [0.5, 0.6) is 0 Å². The maximum atomic E-state index is 5.65. The van der Waals surface area contributed by atoms with Crippen molar-refractivity contribution in [2.24, 2.45) is 5.73 Å². The van der Waals surface area contributed by atoms with E-state index >= 15 is 0 Å². The van der Waals surface area contributed by atoms with Gasteiger partial charge in [-0.2, -0.15) is 0 Å². The van der Waals surface area contributed by atoms with Gasteiger partial charge in [0.25, 0.3) is 0 Å². The number of nitrogens with zero attached hydrogens (tertiary/aromatic N) is 1. The summed E-state index contributed by atoms with van der Waals surface area (Å²) in [6, 6.07) is 8.33. The summed E-state index contributed by atoms with van der Waals surface area (Å²) in [5, 5.41) is 1.22. The van der Waals surface area contributed by atoms with Crippen molar-refractivity contribution >= 4 is 28.1 Å². The zero-order valence-corrected chi connectivity index (χ0v) is 11.7. The molecule has 2 nitrogen and oxygen atoms in total. The third kappa shape index (κ3) is 2.91. The van der Waals surface area contributed by atoms with Gasteiger partial charge in [-0.25, -0.2) is 0 Å². The predicted molar refractivity (Wildman–Crippen MR) is 82.0 cm³/mol. The van der Waals surface area contributed by atoms with E-state index in [1.807, 2.05) is 6.07 Å². The number of unbranched alkanes of at least 4 members (excludes halogenated alkanes) is 3. The van der Waals surface area contributed by atoms with Crippen molar-refractivity contribution in [1.82, 2.24) is 4.57 Å². The third-order valence-electron chi connectivity index (χ3n) is 3.31. The zero-order chi connectivity index (χ0) is 13.0. The van der Waals surface area contributed by atoms with Gasteiger partial charge in [0, 0.05) is 29.2 Å². The molecule has 2 N–H and O–H groups in total. The molecular weight excluding hydrogens is 240 g/mol. The van der Waals surface area contributed by atoms with E-state index in [-0.39, 0.29) is 0 Å². The highest BCUT2D eigenvalue weighted by atomic mass is 32.1. The molecule has 1 heterocycles. The van der Waals surface area contributed by atoms with Crippen LogP contribution in [0.15, 0.2) is 30.5 Å². The second-order valence-electron chi connectivity index (χ2n) is 4.71. The fourth-order valence-electron chi connectivity index (χ4n) is 2.26. The van der Waals surface area contributed by atoms with Crippen LogP contribution in [0.4, 0.5) is 0 Å². The minimum Gasteiger partial charge on any atom is -0.389 e. The molecule has 96 valence electrons. The molecule has 0 amide bonds. The summed E-state index contributed by atoms with van der Waals surface area (Å²) in [7, 11) is 0. The van der Waals surface area contributed by atoms with Crippen LogP contribution in [-0.4, -0.2) is 9.56 Å². The van der Waals surface area contributed by atoms with Gasteiger partial charge < -0.3 is 10.3 Å². The van der Waals surface area contributed by atoms with Crippen LogP contribution < -0.4 is 5.73 Å². The van der Waals surface area contributed by atoms with Crippen LogP contribution in [0.2, 0.25) is 0 Å². The summed E-state index contributed by atoms with van der Waals surface area (Å²) >= 11 is 5.00. The summed E-state index contributed by atoms with van der Waals surface area (Å²) in [4.78, 5) is 0.465. The highest BCUT2D eigenvalue weighted by Crippen LogP contribution is 2.18. The number of benzene rings is 1. The van der Waals surface area contributed by atoms with E-state index < -0.39 is 0 Å². The summed E-state index contributed by atoms with van der Waals surface area (Å²) in [6.45, 7) is 3.33. The monoisotopic (exact) mass is 260 g/mol. The van der Waals surface area contributed by atoms with Gasteiger partial charge in [-0.05, 0) is 30.7 Å². The number of hydrogen-bond donors (Lipinski definition) is 1. The van der Waals surface area contributed by atoms with Gasteiger partial charge in [0.15, 0.2) is 0 Å². The molecule has 1 aromatic carbocycles. The first kappa shape index (κ1) is 13.1. The largest absolute Gasteiger partial charge is 0.389 e. The first-order valence-electron chi connectivity index (χ1n) is 6.61. The molecule has 0 aliphatic carbocycles. The molecule has 0 aliphatic rings. The quantitative estimate of drug-likeness (QED) is 0.631. The average molecular weight is 260 g/mol. The molecule has 3 heteroatoms. The number of rotatable bonds is 6. The molecule has 0 saturated carbocycles. The normalized spacial score (nSPS) is 10.9. The molecule has 0 spiro atoms. The van der Waals surface area contributed by atoms with E-state index in [0.717, 1.165) is 12.1 Å². The van der Waals surface area contributed by atoms with Crippen LogP contribution in [0, 0.1) is 0 Å². The molecule has 0 saturated heterocycles. The summed E-state index contributed by atoms with van der Waals surface area (Å²) < 4.78 is 2.31. The Kier molecular flexibility index (Phi) is 4.37. The maximum absolute atomic E-state index is 5.65. The predicted octanol–water partition coefficient (Wildman–Crippen LogP) is 3.86. The number of nitrogens with two attached hydrogens (primary N) is 1. The van der Waals surface area contributed by atoms with E-state index in [4.69, 9.17) is 18.0 Å². The van der Waals surface area contributed by atoms with E-state index in [2.05, 4.69) is 35.9 Å². The van der Waals surface area contributed by atoms with Gasteiger partial charge in [0.2, 0.25) is 0 Å². The Labute approximate surface area is 114 Å². The Morgan fingerprint density at radius 2 is 2.06 bits per heavy atom. The van der Waals surface area contributed by atoms with Gasteiger partial charge in [-0.1, -0.05) is 38.4 Å². The third-order valence-corrected chi connectivity index (χ3v) is 3.54. The van der Waals surface area contributed by atoms with Gasteiger partial charge in [-0.15, -0.1) is 0 Å². The van der Waals surface area contributed by atoms with Gasteiger partial charge in [-0.3, -0.25) is 0 Å². The molecule has 2 aromatic rings. The summed E-state index contributed by atoms with van der Waals surface area (Å²) in [5.41, 5.74) is 7.87. The lowest BCUT2D eigenvalue weighted by Crippen LogP contribution is -2.08. The number of aromatic nitrogens is 1. The van der Waals surface area contributed by atoms with Gasteiger partial charge in [0.1, 0.15) is 4.99 Å². The second kappa shape index (κ2) is 6.01. The minimum absolute atomic E-state index is 0.465. The van der Waals surface area contributed by atoms with Crippen molar-refractivity contribution in [2.75, 3.05) is 0 Å². The fraction of sp³-hybridized carbons (Fsp3) is 0.400. The van der Waals surface area contributed by atoms with E-state index in [1.165, 1.54) is 36.6 Å². The van der Waals surface area contributed by atoms with E-state index in [1.54, 1.807) is 0 Å². The number of fused-ring (bicyclic) bond motifs is 1. The topological polar surface area (TPSA) is 30.9 Å². The first-order chi connectivity index (χ1) is 8.72. The number of thiocarbonyl (C=S) groups is 1. The van der Waals surface area contributed by atoms with Crippen molar-refractivity contribution in [3.8, 4) is 0 Å². The van der Waals surface area contributed by atoms with Crippen LogP contribution in [0.3, 0.4) is 0 Å². The van der Waals surface area contributed by atoms with E-state index in [0.29, 0.717) is 4.99 Å². The Bertz CT molecular complexity index is 542. The van der Waals surface area contributed by atoms with Crippen molar-refractivity contribution in [2.45, 2.75) is 39.2 Å². The Hall–Kier alpha value is -1.35. The molecule has 0 unspecified atom stereocenters. The Morgan fingerprint density at radius 1 is 1.22 bits per heavy atom. The minimum atomic E-state index is 0.465. The molecule has 18 heavy (non-hydrogen) atoms. The molecule has 2 rings (SSSR count). The van der Waals surface area contributed by atoms with Crippen LogP contribution in [0.25, 0.3) is 10.9 Å². The SMILES string of the molecule is CCCCCCn1ccc2cc(C(N)=S)ccc21. The smallest absolute Gasteiger partial charge is 0.104 e. The van der Waals surface area contributed by atoms with E-state index in [9.17, 15) is 0 Å². The Balaban J connectivity index is 2.13. The molecule has 0 atom stereocenters. The highest BCUT2D eigenvalue weighted by Gasteiger charge is 2.03. The van der Waals surface area contributed by atoms with Crippen LogP contribution in [-0.2, 0) is 6.54 Å². The van der Waals surface area contributed by atoms with Crippen molar-refractivity contribution in [3.05, 3.63) is 36.0 Å².